The van der Waals surface area contributed by atoms with Crippen molar-refractivity contribution in [2.75, 3.05) is 40.8 Å². The van der Waals surface area contributed by atoms with Gasteiger partial charge in [-0.3, -0.25) is 0 Å². The molecule has 2 N–H and O–H groups in total. The first-order valence-corrected chi connectivity index (χ1v) is 8.39. The summed E-state index contributed by atoms with van der Waals surface area (Å²) in [5.41, 5.74) is 0. The Hall–Kier alpha value is -0.210. The largest absolute Gasteiger partial charge is 0.320 e. The summed E-state index contributed by atoms with van der Waals surface area (Å²) in [4.78, 5) is 2.27. The number of piperidine rings is 1. The van der Waals surface area contributed by atoms with Gasteiger partial charge >= 0.3 is 0 Å². The van der Waals surface area contributed by atoms with Crippen molar-refractivity contribution in [1.82, 2.24) is 19.2 Å². The second-order valence-corrected chi connectivity index (χ2v) is 7.26. The van der Waals surface area contributed by atoms with Crippen LogP contribution in [0.2, 0.25) is 0 Å². The van der Waals surface area contributed by atoms with Crippen molar-refractivity contribution < 1.29 is 8.42 Å². The van der Waals surface area contributed by atoms with Gasteiger partial charge in [-0.25, -0.2) is 0 Å². The molecule has 6 nitrogen and oxygen atoms in total. The number of likely N-dealkylation sites (tertiary alicyclic amines) is 1. The summed E-state index contributed by atoms with van der Waals surface area (Å²) < 4.78 is 28.6. The van der Waals surface area contributed by atoms with E-state index in [1.54, 1.807) is 7.05 Å². The lowest BCUT2D eigenvalue weighted by molar-refractivity contribution is 0.177. The van der Waals surface area contributed by atoms with Gasteiger partial charge < -0.3 is 10.2 Å². The van der Waals surface area contributed by atoms with Gasteiger partial charge in [0.1, 0.15) is 0 Å². The average Bonchev–Trinajstić information content (AvgIpc) is 2.33. The molecule has 19 heavy (non-hydrogen) atoms. The van der Waals surface area contributed by atoms with E-state index in [4.69, 9.17) is 0 Å². The SMILES string of the molecule is CNCCCN(C)S(=O)(=O)NC1CCN(C)C(C)C1. The van der Waals surface area contributed by atoms with Crippen LogP contribution in [0.4, 0.5) is 0 Å². The van der Waals surface area contributed by atoms with Crippen LogP contribution in [0, 0.1) is 0 Å². The highest BCUT2D eigenvalue weighted by Crippen LogP contribution is 2.16. The van der Waals surface area contributed by atoms with Gasteiger partial charge in [-0.15, -0.1) is 0 Å². The quantitative estimate of drug-likeness (QED) is 0.640. The Balaban J connectivity index is 2.45. The maximum absolute atomic E-state index is 12.2. The number of hydrogen-bond donors (Lipinski definition) is 2. The lowest BCUT2D eigenvalue weighted by Gasteiger charge is -2.35. The summed E-state index contributed by atoms with van der Waals surface area (Å²) in [5, 5.41) is 3.02. The van der Waals surface area contributed by atoms with Crippen molar-refractivity contribution in [3.05, 3.63) is 0 Å². The zero-order chi connectivity index (χ0) is 14.5. The van der Waals surface area contributed by atoms with Gasteiger partial charge in [0, 0.05) is 25.7 Å². The van der Waals surface area contributed by atoms with E-state index in [1.807, 2.05) is 7.05 Å². The Morgan fingerprint density at radius 2 is 2.11 bits per heavy atom. The van der Waals surface area contributed by atoms with Crippen molar-refractivity contribution in [3.63, 3.8) is 0 Å². The van der Waals surface area contributed by atoms with E-state index >= 15 is 0 Å². The van der Waals surface area contributed by atoms with Crippen molar-refractivity contribution in [1.29, 1.82) is 0 Å². The molecule has 1 rings (SSSR count). The molecular weight excluding hydrogens is 264 g/mol. The maximum Gasteiger partial charge on any atom is 0.279 e. The van der Waals surface area contributed by atoms with Crippen LogP contribution in [0.15, 0.2) is 0 Å². The molecule has 0 aromatic heterocycles. The molecule has 0 radical (unpaired) electrons. The monoisotopic (exact) mass is 292 g/mol. The molecule has 2 unspecified atom stereocenters. The van der Waals surface area contributed by atoms with Crippen LogP contribution in [0.3, 0.4) is 0 Å². The highest BCUT2D eigenvalue weighted by molar-refractivity contribution is 7.87. The summed E-state index contributed by atoms with van der Waals surface area (Å²) in [6.07, 6.45) is 2.57. The minimum Gasteiger partial charge on any atom is -0.320 e. The zero-order valence-corrected chi connectivity index (χ0v) is 13.3. The Labute approximate surface area is 117 Å². The van der Waals surface area contributed by atoms with Gasteiger partial charge in [0.05, 0.1) is 0 Å². The molecule has 114 valence electrons. The number of nitrogens with one attached hydrogen (secondary N) is 2. The average molecular weight is 292 g/mol. The summed E-state index contributed by atoms with van der Waals surface area (Å²) in [6, 6.07) is 0.485. The minimum atomic E-state index is -3.34. The smallest absolute Gasteiger partial charge is 0.279 e. The first-order chi connectivity index (χ1) is 8.86. The molecule has 7 heteroatoms. The van der Waals surface area contributed by atoms with Gasteiger partial charge in [-0.1, -0.05) is 0 Å². The Bertz CT molecular complexity index is 361. The molecule has 0 aromatic carbocycles. The lowest BCUT2D eigenvalue weighted by atomic mass is 10.0. The molecule has 2 atom stereocenters. The fourth-order valence-corrected chi connectivity index (χ4v) is 3.48. The molecule has 0 aromatic rings. The van der Waals surface area contributed by atoms with E-state index in [1.165, 1.54) is 4.31 Å². The molecule has 0 spiro atoms. The zero-order valence-electron chi connectivity index (χ0n) is 12.5. The fraction of sp³-hybridized carbons (Fsp3) is 1.00. The van der Waals surface area contributed by atoms with E-state index in [-0.39, 0.29) is 6.04 Å². The van der Waals surface area contributed by atoms with Crippen LogP contribution in [-0.2, 0) is 10.2 Å². The van der Waals surface area contributed by atoms with Crippen molar-refractivity contribution in [2.24, 2.45) is 0 Å². The van der Waals surface area contributed by atoms with Crippen molar-refractivity contribution in [2.45, 2.75) is 38.3 Å². The van der Waals surface area contributed by atoms with Gasteiger partial charge in [-0.05, 0) is 53.4 Å². The first-order valence-electron chi connectivity index (χ1n) is 6.95. The molecule has 1 fully saturated rings. The summed E-state index contributed by atoms with van der Waals surface area (Å²) in [5.74, 6) is 0. The van der Waals surface area contributed by atoms with Crippen molar-refractivity contribution in [3.8, 4) is 0 Å². The topological polar surface area (TPSA) is 64.7 Å². The predicted octanol–water partition coefficient (Wildman–Crippen LogP) is -0.155. The molecule has 0 bridgehead atoms. The molecule has 0 aliphatic carbocycles. The van der Waals surface area contributed by atoms with Crippen molar-refractivity contribution >= 4 is 10.2 Å². The highest BCUT2D eigenvalue weighted by Gasteiger charge is 2.27. The van der Waals surface area contributed by atoms with Crippen LogP contribution >= 0.6 is 0 Å². The fourth-order valence-electron chi connectivity index (χ4n) is 2.30. The Kier molecular flexibility index (Phi) is 6.68. The van der Waals surface area contributed by atoms with E-state index < -0.39 is 10.2 Å². The van der Waals surface area contributed by atoms with Crippen LogP contribution in [0.1, 0.15) is 26.2 Å². The molecule has 1 heterocycles. The van der Waals surface area contributed by atoms with E-state index in [9.17, 15) is 8.42 Å². The normalized spacial score (nSPS) is 25.9. The predicted molar refractivity (Wildman–Crippen MR) is 78.3 cm³/mol. The molecule has 1 saturated heterocycles. The van der Waals surface area contributed by atoms with Gasteiger partial charge in [0.25, 0.3) is 10.2 Å². The van der Waals surface area contributed by atoms with E-state index in [2.05, 4.69) is 28.9 Å². The third kappa shape index (κ3) is 5.35. The third-order valence-corrected chi connectivity index (χ3v) is 5.47. The van der Waals surface area contributed by atoms with Crippen LogP contribution in [0.5, 0.6) is 0 Å². The standard InChI is InChI=1S/C12H28N4O2S/c1-11-10-12(6-9-15(11)3)14-19(17,18)16(4)8-5-7-13-2/h11-14H,5-10H2,1-4H3. The number of rotatable bonds is 7. The minimum absolute atomic E-state index is 0.0583. The summed E-state index contributed by atoms with van der Waals surface area (Å²) in [7, 11) is 2.24. The second kappa shape index (κ2) is 7.54. The second-order valence-electron chi connectivity index (χ2n) is 5.45. The number of hydrogen-bond acceptors (Lipinski definition) is 4. The molecular formula is C12H28N4O2S. The summed E-state index contributed by atoms with van der Waals surface area (Å²) >= 11 is 0. The lowest BCUT2D eigenvalue weighted by Crippen LogP contribution is -2.50. The summed E-state index contributed by atoms with van der Waals surface area (Å²) in [6.45, 7) is 4.44. The molecule has 0 amide bonds. The molecule has 1 aliphatic rings. The molecule has 0 saturated carbocycles. The first kappa shape index (κ1) is 16.8. The van der Waals surface area contributed by atoms with Gasteiger partial charge in [0.15, 0.2) is 0 Å². The van der Waals surface area contributed by atoms with E-state index in [0.29, 0.717) is 12.6 Å². The van der Waals surface area contributed by atoms with Gasteiger partial charge in [0.2, 0.25) is 0 Å². The molecule has 1 aliphatic heterocycles. The maximum atomic E-state index is 12.2. The van der Waals surface area contributed by atoms with Crippen LogP contribution in [-0.4, -0.2) is 70.5 Å². The highest BCUT2D eigenvalue weighted by atomic mass is 32.2. The number of nitrogens with zero attached hydrogens (tertiary/aromatic N) is 2. The Morgan fingerprint density at radius 1 is 1.42 bits per heavy atom. The van der Waals surface area contributed by atoms with Crippen LogP contribution < -0.4 is 10.0 Å². The van der Waals surface area contributed by atoms with Gasteiger partial charge in [-0.2, -0.15) is 17.4 Å². The van der Waals surface area contributed by atoms with Crippen LogP contribution in [0.25, 0.3) is 0 Å². The third-order valence-electron chi connectivity index (χ3n) is 3.83. The Morgan fingerprint density at radius 3 is 2.68 bits per heavy atom. The van der Waals surface area contributed by atoms with E-state index in [0.717, 1.165) is 32.4 Å².